The van der Waals surface area contributed by atoms with Gasteiger partial charge >= 0.3 is 19.4 Å². The number of hydrogen-bond acceptors (Lipinski definition) is 10. The van der Waals surface area contributed by atoms with Crippen molar-refractivity contribution in [2.24, 2.45) is 5.11 Å². The molecule has 0 amide bonds. The number of benzene rings is 1. The van der Waals surface area contributed by atoms with Crippen molar-refractivity contribution >= 4 is 13.7 Å². The number of ether oxygens (including phenoxy) is 2. The summed E-state index contributed by atoms with van der Waals surface area (Å²) in [5.41, 5.74) is 3.83. The highest BCUT2D eigenvalue weighted by Gasteiger charge is 2.84. The average molecular weight is 550 g/mol. The zero-order chi connectivity index (χ0) is 27.9. The minimum absolute atomic E-state index is 0.141. The molecule has 38 heavy (non-hydrogen) atoms. The van der Waals surface area contributed by atoms with Crippen LogP contribution in [-0.2, 0) is 23.4 Å². The first-order chi connectivity index (χ1) is 17.8. The number of aromatic nitrogens is 2. The Morgan fingerprint density at radius 1 is 1.29 bits per heavy atom. The van der Waals surface area contributed by atoms with Crippen LogP contribution >= 0.6 is 7.75 Å². The van der Waals surface area contributed by atoms with Gasteiger partial charge in [0.25, 0.3) is 5.56 Å². The number of aliphatic hydroxyl groups is 1. The quantitative estimate of drug-likeness (QED) is 0.128. The van der Waals surface area contributed by atoms with Crippen LogP contribution in [0.15, 0.2) is 57.3 Å². The van der Waals surface area contributed by atoms with Gasteiger partial charge in [0.2, 0.25) is 0 Å². The highest BCUT2D eigenvalue weighted by molar-refractivity contribution is 7.52. The minimum atomic E-state index is -4.41. The van der Waals surface area contributed by atoms with Crippen molar-refractivity contribution in [3.63, 3.8) is 0 Å². The van der Waals surface area contributed by atoms with Crippen LogP contribution in [0.1, 0.15) is 33.9 Å². The number of nitrogens with one attached hydrogen (secondary N) is 2. The Balaban J connectivity index is 1.64. The predicted octanol–water partition coefficient (Wildman–Crippen LogP) is 1.75. The van der Waals surface area contributed by atoms with E-state index < -0.39 is 66.7 Å². The summed E-state index contributed by atoms with van der Waals surface area (Å²) in [6.07, 6.45) is -3.21. The SMILES string of the molecule is CC(C)OC(=O)[C@@H](C)NP(=O)(Oc1ccccc1)OC1[C@H]2O[C@@H](n3ccc(=O)[nH]c3=O)[C@](C)(N=[N+]=[N-])[C@@]12O. The molecule has 3 N–H and O–H groups in total. The molecular weight excluding hydrogens is 523 g/mol. The minimum Gasteiger partial charge on any atom is -0.462 e. The first-order valence-electron chi connectivity index (χ1n) is 11.6. The van der Waals surface area contributed by atoms with Gasteiger partial charge in [-0.15, -0.1) is 0 Å². The number of carbonyl (C=O) groups excluding carboxylic acids is 1. The molecule has 1 aliphatic carbocycles. The molecule has 0 bridgehead atoms. The van der Waals surface area contributed by atoms with E-state index in [-0.39, 0.29) is 5.75 Å². The number of esters is 1. The van der Waals surface area contributed by atoms with Crippen LogP contribution in [0.5, 0.6) is 5.75 Å². The Hall–Kier alpha value is -3.45. The molecule has 2 heterocycles. The van der Waals surface area contributed by atoms with Crippen LogP contribution in [0.25, 0.3) is 10.4 Å². The molecule has 16 heteroatoms. The molecule has 2 unspecified atom stereocenters. The number of para-hydroxylation sites is 1. The van der Waals surface area contributed by atoms with Gasteiger partial charge in [0.05, 0.1) is 6.10 Å². The van der Waals surface area contributed by atoms with Crippen LogP contribution in [0, 0.1) is 0 Å². The molecule has 7 atom stereocenters. The third-order valence-corrected chi connectivity index (χ3v) is 7.89. The number of carbonyl (C=O) groups is 1. The summed E-state index contributed by atoms with van der Waals surface area (Å²) in [6, 6.07) is 7.91. The van der Waals surface area contributed by atoms with E-state index in [1.54, 1.807) is 32.0 Å². The van der Waals surface area contributed by atoms with Crippen molar-refractivity contribution < 1.29 is 33.0 Å². The first-order valence-corrected chi connectivity index (χ1v) is 13.2. The molecule has 1 saturated carbocycles. The molecule has 1 aromatic carbocycles. The number of fused-ring (bicyclic) bond motifs is 1. The monoisotopic (exact) mass is 550 g/mol. The van der Waals surface area contributed by atoms with Crippen LogP contribution in [0.4, 0.5) is 0 Å². The maximum Gasteiger partial charge on any atom is 0.459 e. The second-order valence-corrected chi connectivity index (χ2v) is 11.0. The molecule has 2 aliphatic rings. The number of rotatable bonds is 10. The summed E-state index contributed by atoms with van der Waals surface area (Å²) in [5.74, 6) is -0.579. The maximum atomic E-state index is 13.9. The van der Waals surface area contributed by atoms with Gasteiger partial charge in [-0.3, -0.25) is 23.7 Å². The van der Waals surface area contributed by atoms with Crippen LogP contribution in [-0.4, -0.2) is 56.1 Å². The Bertz CT molecular complexity index is 1420. The standard InChI is InChI=1S/C22H27N6O9P/c1-12(2)34-18(30)13(3)25-38(33,36-14-8-6-5-7-9-14)37-17-16-22(17,32)21(4,26-27-23)19(35-16)28-11-10-15(29)24-20(28)31/h5-13,16-17,19,32H,1-4H3,(H,25,33)(H,24,29,31)/t13-,16-,17?,19-,21+,22+,38?/m1/s1. The molecular formula is C22H27N6O9P. The fourth-order valence-corrected chi connectivity index (χ4v) is 6.02. The van der Waals surface area contributed by atoms with E-state index in [0.29, 0.717) is 0 Å². The van der Waals surface area contributed by atoms with E-state index in [9.17, 15) is 29.6 Å². The molecule has 2 aromatic rings. The van der Waals surface area contributed by atoms with Crippen LogP contribution < -0.4 is 20.9 Å². The van der Waals surface area contributed by atoms with Gasteiger partial charge < -0.3 is 19.1 Å². The lowest BCUT2D eigenvalue weighted by Crippen LogP contribution is -2.50. The summed E-state index contributed by atoms with van der Waals surface area (Å²) in [6.45, 7) is 6.04. The summed E-state index contributed by atoms with van der Waals surface area (Å²) < 4.78 is 37.2. The molecule has 1 aliphatic heterocycles. The van der Waals surface area contributed by atoms with Crippen molar-refractivity contribution in [3.8, 4) is 5.75 Å². The van der Waals surface area contributed by atoms with Gasteiger partial charge in [0, 0.05) is 17.2 Å². The van der Waals surface area contributed by atoms with Gasteiger partial charge in [-0.1, -0.05) is 23.3 Å². The number of H-pyrrole nitrogens is 1. The fraction of sp³-hybridized carbons (Fsp3) is 0.500. The van der Waals surface area contributed by atoms with Crippen molar-refractivity contribution in [1.82, 2.24) is 14.6 Å². The number of hydrogen-bond donors (Lipinski definition) is 3. The normalized spacial score (nSPS) is 30.0. The van der Waals surface area contributed by atoms with Crippen molar-refractivity contribution in [2.45, 2.75) is 69.4 Å². The maximum absolute atomic E-state index is 13.9. The largest absolute Gasteiger partial charge is 0.462 e. The van der Waals surface area contributed by atoms with E-state index in [2.05, 4.69) is 20.1 Å². The van der Waals surface area contributed by atoms with E-state index in [4.69, 9.17) is 18.5 Å². The summed E-state index contributed by atoms with van der Waals surface area (Å²) in [4.78, 5) is 41.1. The predicted molar refractivity (Wildman–Crippen MR) is 131 cm³/mol. The van der Waals surface area contributed by atoms with Crippen molar-refractivity contribution in [3.05, 3.63) is 73.9 Å². The van der Waals surface area contributed by atoms with Gasteiger partial charge in [0.15, 0.2) is 6.23 Å². The highest BCUT2D eigenvalue weighted by Crippen LogP contribution is 2.66. The van der Waals surface area contributed by atoms with E-state index in [1.807, 2.05) is 0 Å². The summed E-state index contributed by atoms with van der Waals surface area (Å²) >= 11 is 0. The zero-order valence-corrected chi connectivity index (χ0v) is 21.8. The summed E-state index contributed by atoms with van der Waals surface area (Å²) in [7, 11) is -4.41. The van der Waals surface area contributed by atoms with Gasteiger partial charge in [-0.25, -0.2) is 9.36 Å². The molecule has 1 saturated heterocycles. The van der Waals surface area contributed by atoms with E-state index >= 15 is 0 Å². The van der Waals surface area contributed by atoms with E-state index in [0.717, 1.165) is 16.8 Å². The molecule has 0 radical (unpaired) electrons. The van der Waals surface area contributed by atoms with Crippen molar-refractivity contribution in [1.29, 1.82) is 0 Å². The smallest absolute Gasteiger partial charge is 0.459 e. The number of azide groups is 1. The number of nitrogens with zero attached hydrogens (tertiary/aromatic N) is 4. The van der Waals surface area contributed by atoms with Crippen molar-refractivity contribution in [2.75, 3.05) is 0 Å². The van der Waals surface area contributed by atoms with Gasteiger partial charge in [-0.2, -0.15) is 5.09 Å². The fourth-order valence-electron chi connectivity index (χ4n) is 4.31. The molecule has 1 aromatic heterocycles. The van der Waals surface area contributed by atoms with Gasteiger partial charge in [0.1, 0.15) is 35.1 Å². The van der Waals surface area contributed by atoms with Crippen LogP contribution in [0.3, 0.4) is 0 Å². The Labute approximate surface area is 215 Å². The second kappa shape index (κ2) is 10.0. The molecule has 15 nitrogen and oxygen atoms in total. The lowest BCUT2D eigenvalue weighted by atomic mass is 9.92. The van der Waals surface area contributed by atoms with Crippen LogP contribution in [0.2, 0.25) is 0 Å². The Morgan fingerprint density at radius 3 is 2.58 bits per heavy atom. The lowest BCUT2D eigenvalue weighted by molar-refractivity contribution is -0.149. The number of aromatic amines is 1. The third-order valence-electron chi connectivity index (χ3n) is 6.24. The topological polar surface area (TPSA) is 207 Å². The Kier molecular flexibility index (Phi) is 7.28. The Morgan fingerprint density at radius 2 is 1.97 bits per heavy atom. The lowest BCUT2D eigenvalue weighted by Gasteiger charge is -2.34. The molecule has 4 rings (SSSR count). The average Bonchev–Trinajstić information content (AvgIpc) is 3.31. The molecule has 204 valence electrons. The van der Waals surface area contributed by atoms with E-state index in [1.165, 1.54) is 26.0 Å². The second-order valence-electron chi connectivity index (χ2n) is 9.35. The van der Waals surface area contributed by atoms with Gasteiger partial charge in [-0.05, 0) is 45.4 Å². The highest BCUT2D eigenvalue weighted by atomic mass is 31.2. The zero-order valence-electron chi connectivity index (χ0n) is 20.9. The summed E-state index contributed by atoms with van der Waals surface area (Å²) in [5, 5.41) is 17.8. The molecule has 0 spiro atoms. The third kappa shape index (κ3) is 4.87. The first kappa shape index (κ1) is 27.6. The molecule has 2 fully saturated rings.